The smallest absolute Gasteiger partial charge is 0.191 e. The fourth-order valence-electron chi connectivity index (χ4n) is 1.10. The minimum absolute atomic E-state index is 0. The van der Waals surface area contributed by atoms with Crippen molar-refractivity contribution >= 4 is 39.8 Å². The van der Waals surface area contributed by atoms with Gasteiger partial charge in [0.25, 0.3) is 0 Å². The van der Waals surface area contributed by atoms with Gasteiger partial charge in [-0.25, -0.2) is 8.42 Å². The molecule has 8 heteroatoms. The Kier molecular flexibility index (Phi) is 10.1. The molecule has 0 saturated carbocycles. The molecule has 0 aliphatic rings. The monoisotopic (exact) mass is 435 g/mol. The molecule has 0 aromatic rings. The summed E-state index contributed by atoms with van der Waals surface area (Å²) in [7, 11) is -1.49. The first-order chi connectivity index (χ1) is 8.95. The summed E-state index contributed by atoms with van der Waals surface area (Å²) in [4.78, 5) is 4.42. The van der Waals surface area contributed by atoms with E-state index in [9.17, 15) is 8.42 Å². The van der Waals surface area contributed by atoms with E-state index in [1.807, 2.05) is 20.8 Å². The van der Waals surface area contributed by atoms with Crippen LogP contribution in [0.4, 0.5) is 0 Å². The summed E-state index contributed by atoms with van der Waals surface area (Å²) in [5.41, 5.74) is -0.352. The van der Waals surface area contributed by atoms with Crippen LogP contribution in [0.15, 0.2) is 4.99 Å². The average Bonchev–Trinajstić information content (AvgIpc) is 2.31. The van der Waals surface area contributed by atoms with E-state index in [1.54, 1.807) is 21.0 Å². The third kappa shape index (κ3) is 8.82. The van der Waals surface area contributed by atoms with Gasteiger partial charge in [-0.05, 0) is 34.6 Å². The van der Waals surface area contributed by atoms with Crippen LogP contribution in [0.5, 0.6) is 0 Å². The van der Waals surface area contributed by atoms with Crippen LogP contribution < -0.4 is 10.6 Å². The van der Waals surface area contributed by atoms with Gasteiger partial charge in [-0.3, -0.25) is 4.99 Å². The van der Waals surface area contributed by atoms with Gasteiger partial charge in [0, 0.05) is 26.5 Å². The number of halogens is 1. The number of hydrogen-bond acceptors (Lipinski definition) is 4. The molecule has 0 rings (SSSR count). The molecule has 0 unspecified atom stereocenters. The summed E-state index contributed by atoms with van der Waals surface area (Å²) in [5.74, 6) is 0.592. The highest BCUT2D eigenvalue weighted by atomic mass is 127. The van der Waals surface area contributed by atoms with Gasteiger partial charge in [0.15, 0.2) is 15.8 Å². The first-order valence-corrected chi connectivity index (χ1v) is 8.61. The number of rotatable bonds is 7. The van der Waals surface area contributed by atoms with E-state index >= 15 is 0 Å². The minimum Gasteiger partial charge on any atom is -0.377 e. The van der Waals surface area contributed by atoms with E-state index in [-0.39, 0.29) is 29.6 Å². The zero-order chi connectivity index (χ0) is 16.0. The summed E-state index contributed by atoms with van der Waals surface area (Å²) in [5, 5.41) is 6.16. The Morgan fingerprint density at radius 2 is 1.71 bits per heavy atom. The quantitative estimate of drug-likeness (QED) is 0.359. The molecule has 0 fully saturated rings. The van der Waals surface area contributed by atoms with Crippen LogP contribution in [-0.2, 0) is 14.6 Å². The number of sulfone groups is 1. The zero-order valence-electron chi connectivity index (χ0n) is 14.1. The molecular formula is C13H30IN3O3S. The van der Waals surface area contributed by atoms with Crippen LogP contribution >= 0.6 is 24.0 Å². The number of guanidine groups is 1. The van der Waals surface area contributed by atoms with Crippen LogP contribution in [0, 0.1) is 0 Å². The Morgan fingerprint density at radius 1 is 1.19 bits per heavy atom. The van der Waals surface area contributed by atoms with E-state index in [1.165, 1.54) is 6.26 Å². The van der Waals surface area contributed by atoms with Crippen molar-refractivity contribution in [3.8, 4) is 0 Å². The average molecular weight is 435 g/mol. The molecule has 2 N–H and O–H groups in total. The number of nitrogens with zero attached hydrogens (tertiary/aromatic N) is 1. The van der Waals surface area contributed by atoms with Crippen molar-refractivity contribution in [3.05, 3.63) is 0 Å². The molecule has 0 aromatic heterocycles. The molecule has 6 nitrogen and oxygen atoms in total. The zero-order valence-corrected chi connectivity index (χ0v) is 17.3. The van der Waals surface area contributed by atoms with Crippen molar-refractivity contribution < 1.29 is 13.2 Å². The lowest BCUT2D eigenvalue weighted by atomic mass is 10.1. The topological polar surface area (TPSA) is 79.8 Å². The number of hydrogen-bond donors (Lipinski definition) is 2. The fraction of sp³-hybridized carbons (Fsp3) is 0.923. The maximum atomic E-state index is 11.7. The normalized spacial score (nSPS) is 13.6. The molecule has 0 heterocycles. The van der Waals surface area contributed by atoms with Crippen molar-refractivity contribution in [2.45, 2.75) is 45.0 Å². The molecule has 0 atom stereocenters. The van der Waals surface area contributed by atoms with Crippen molar-refractivity contribution in [1.29, 1.82) is 0 Å². The molecule has 0 aromatic carbocycles. The number of methoxy groups -OCH3 is 1. The molecule has 0 saturated heterocycles. The second-order valence-corrected chi connectivity index (χ2v) is 8.69. The van der Waals surface area contributed by atoms with Crippen molar-refractivity contribution in [2.75, 3.05) is 33.0 Å². The second-order valence-electron chi connectivity index (χ2n) is 6.04. The Bertz CT molecular complexity index is 434. The van der Waals surface area contributed by atoms with Crippen molar-refractivity contribution in [3.63, 3.8) is 0 Å². The summed E-state index contributed by atoms with van der Waals surface area (Å²) in [6.07, 6.45) is 1.24. The lowest BCUT2D eigenvalue weighted by Gasteiger charge is -2.25. The van der Waals surface area contributed by atoms with E-state index in [4.69, 9.17) is 4.74 Å². The van der Waals surface area contributed by atoms with Gasteiger partial charge < -0.3 is 15.4 Å². The van der Waals surface area contributed by atoms with Gasteiger partial charge in [0.1, 0.15) is 0 Å². The van der Waals surface area contributed by atoms with E-state index in [0.717, 1.165) is 0 Å². The maximum absolute atomic E-state index is 11.7. The number of nitrogens with one attached hydrogen (secondary N) is 2. The predicted octanol–water partition coefficient (Wildman–Crippen LogP) is 1.41. The summed E-state index contributed by atoms with van der Waals surface area (Å²) < 4.78 is 27.8. The van der Waals surface area contributed by atoms with Crippen LogP contribution in [0.2, 0.25) is 0 Å². The molecule has 0 bridgehead atoms. The first kappa shape index (κ1) is 23.2. The highest BCUT2D eigenvalue weighted by Crippen LogP contribution is 2.13. The summed E-state index contributed by atoms with van der Waals surface area (Å²) >= 11 is 0. The molecular weight excluding hydrogens is 405 g/mol. The highest BCUT2D eigenvalue weighted by Gasteiger charge is 2.30. The Balaban J connectivity index is 0. The van der Waals surface area contributed by atoms with Crippen molar-refractivity contribution in [2.24, 2.45) is 4.99 Å². The van der Waals surface area contributed by atoms with E-state index < -0.39 is 14.6 Å². The van der Waals surface area contributed by atoms with Crippen LogP contribution in [0.3, 0.4) is 0 Å². The lowest BCUT2D eigenvalue weighted by Crippen LogP contribution is -2.48. The molecule has 0 radical (unpaired) electrons. The van der Waals surface area contributed by atoms with Gasteiger partial charge in [-0.2, -0.15) is 0 Å². The first-order valence-electron chi connectivity index (χ1n) is 6.72. The standard InChI is InChI=1S/C13H29N3O3S.HI/c1-8-14-11(15-9-12(2,3)19-6)16-10-13(4,5)20(7,17)18;/h8-10H2,1-7H3,(H2,14,15,16);1H. The Hall–Kier alpha value is -0.0900. The fourth-order valence-corrected chi connectivity index (χ4v) is 1.44. The lowest BCUT2D eigenvalue weighted by molar-refractivity contribution is 0.0310. The van der Waals surface area contributed by atoms with Gasteiger partial charge in [-0.15, -0.1) is 24.0 Å². The number of aliphatic imine (C=N–C) groups is 1. The molecule has 0 aliphatic carbocycles. The van der Waals surface area contributed by atoms with Gasteiger partial charge in [0.05, 0.1) is 16.9 Å². The van der Waals surface area contributed by atoms with Crippen LogP contribution in [0.1, 0.15) is 34.6 Å². The maximum Gasteiger partial charge on any atom is 0.191 e. The second kappa shape index (κ2) is 9.14. The molecule has 0 spiro atoms. The Morgan fingerprint density at radius 3 is 2.10 bits per heavy atom. The highest BCUT2D eigenvalue weighted by molar-refractivity contribution is 14.0. The molecule has 21 heavy (non-hydrogen) atoms. The van der Waals surface area contributed by atoms with Crippen LogP contribution in [0.25, 0.3) is 0 Å². The SMILES string of the molecule is CCNC(=NCC(C)(C)OC)NCC(C)(C)S(C)(=O)=O.I. The third-order valence-corrected chi connectivity index (χ3v) is 5.35. The van der Waals surface area contributed by atoms with Crippen LogP contribution in [-0.4, -0.2) is 57.7 Å². The molecule has 128 valence electrons. The van der Waals surface area contributed by atoms with E-state index in [0.29, 0.717) is 25.6 Å². The Labute approximate surface area is 146 Å². The molecule has 0 aliphatic heterocycles. The van der Waals surface area contributed by atoms with Gasteiger partial charge in [0.2, 0.25) is 0 Å². The predicted molar refractivity (Wildman–Crippen MR) is 99.4 cm³/mol. The molecule has 0 amide bonds. The summed E-state index contributed by atoms with van der Waals surface area (Å²) in [6, 6.07) is 0. The summed E-state index contributed by atoms with van der Waals surface area (Å²) in [6.45, 7) is 10.7. The van der Waals surface area contributed by atoms with Gasteiger partial charge in [-0.1, -0.05) is 0 Å². The van der Waals surface area contributed by atoms with E-state index in [2.05, 4.69) is 15.6 Å². The minimum atomic E-state index is -3.13. The third-order valence-electron chi connectivity index (χ3n) is 3.20. The van der Waals surface area contributed by atoms with Gasteiger partial charge >= 0.3 is 0 Å². The van der Waals surface area contributed by atoms with Crippen molar-refractivity contribution in [1.82, 2.24) is 10.6 Å². The largest absolute Gasteiger partial charge is 0.377 e. The number of ether oxygens (including phenoxy) is 1.